The van der Waals surface area contributed by atoms with Crippen LogP contribution in [-0.4, -0.2) is 15.8 Å². The van der Waals surface area contributed by atoms with Crippen LogP contribution in [0.4, 0.5) is 0 Å². The monoisotopic (exact) mass is 1070 g/mol. The molecule has 2 heteroatoms. The number of benzene rings is 6. The minimum Gasteiger partial charge on any atom is -0.0645 e. The SMILES string of the molecule is CCC1(CC)CC(CC)(CC)c2c1cc1c(c2[Si](c2ccc3ccccc3c2)=[Si](c2ccc3ccccc3c2)c2c3c(cc4c2C(CC)(CC)CC4(CC)CC)C(CC)(CC)CC3(CC)CC)C(CC)(CC)CC1(CC)CC. The molecule has 0 bridgehead atoms. The smallest absolute Gasteiger partial charge is 0.0645 e. The Labute approximate surface area is 479 Å². The van der Waals surface area contributed by atoms with Crippen molar-refractivity contribution in [2.24, 2.45) is 0 Å². The van der Waals surface area contributed by atoms with Gasteiger partial charge in [-0.05, 0) is 259 Å². The van der Waals surface area contributed by atoms with Crippen LogP contribution in [0.15, 0.2) is 97.1 Å². The fourth-order valence-electron chi connectivity index (χ4n) is 19.5. The first kappa shape index (κ1) is 57.5. The van der Waals surface area contributed by atoms with Gasteiger partial charge in [0.2, 0.25) is 0 Å². The van der Waals surface area contributed by atoms with Gasteiger partial charge in [0.15, 0.2) is 0 Å². The molecule has 0 spiro atoms. The summed E-state index contributed by atoms with van der Waals surface area (Å²) in [7, 11) is -3.46. The molecular weight excluding hydrogens is 969 g/mol. The zero-order chi connectivity index (χ0) is 55.8. The Morgan fingerprint density at radius 1 is 0.256 bits per heavy atom. The van der Waals surface area contributed by atoms with Crippen molar-refractivity contribution in [1.29, 1.82) is 0 Å². The normalized spacial score (nSPS) is 20.4. The van der Waals surface area contributed by atoms with Crippen molar-refractivity contribution >= 4 is 58.1 Å². The van der Waals surface area contributed by atoms with Gasteiger partial charge in [-0.2, -0.15) is 0 Å². The molecule has 0 amide bonds. The Morgan fingerprint density at radius 2 is 0.474 bits per heavy atom. The predicted octanol–water partition coefficient (Wildman–Crippen LogP) is 19.1. The third-order valence-corrected chi connectivity index (χ3v) is 34.4. The van der Waals surface area contributed by atoms with Gasteiger partial charge in [0.05, 0.1) is 15.8 Å². The van der Waals surface area contributed by atoms with Crippen molar-refractivity contribution in [1.82, 2.24) is 0 Å². The molecule has 0 nitrogen and oxygen atoms in total. The highest BCUT2D eigenvalue weighted by Crippen LogP contribution is 2.64. The van der Waals surface area contributed by atoms with Gasteiger partial charge in [-0.3, -0.25) is 0 Å². The molecule has 0 unspecified atom stereocenters. The second-order valence-corrected chi connectivity index (χ2v) is 33.3. The van der Waals surface area contributed by atoms with E-state index in [0.29, 0.717) is 0 Å². The Bertz CT molecular complexity index is 2890. The van der Waals surface area contributed by atoms with Crippen LogP contribution in [-0.2, 0) is 43.3 Å². The summed E-state index contributed by atoms with van der Waals surface area (Å²) in [5.74, 6) is 0. The molecule has 0 radical (unpaired) electrons. The van der Waals surface area contributed by atoms with Crippen molar-refractivity contribution < 1.29 is 0 Å². The van der Waals surface area contributed by atoms with Gasteiger partial charge in [0.25, 0.3) is 0 Å². The van der Waals surface area contributed by atoms with E-state index in [0.717, 1.165) is 0 Å². The first-order valence-electron chi connectivity index (χ1n) is 32.8. The molecule has 0 aliphatic heterocycles. The minimum atomic E-state index is -1.73. The van der Waals surface area contributed by atoms with Crippen LogP contribution in [0.5, 0.6) is 0 Å². The Morgan fingerprint density at radius 3 is 0.692 bits per heavy atom. The van der Waals surface area contributed by atoms with E-state index in [9.17, 15) is 0 Å². The van der Waals surface area contributed by atoms with Gasteiger partial charge in [0, 0.05) is 0 Å². The third kappa shape index (κ3) is 7.85. The highest BCUT2D eigenvalue weighted by atomic mass is 28.9. The molecule has 0 heterocycles. The average Bonchev–Trinajstić information content (AvgIpc) is 3.94. The van der Waals surface area contributed by atoms with Crippen LogP contribution in [0, 0.1) is 0 Å². The standard InChI is InChI=1S/C76H104Si2/c1-17-69(18-2)49-73(25-9,26-10)63-59(69)47-60-64(74(27-11,28-12)50-70(60,19-3)20-4)67(63)77(57-43-41-53-37-33-35-39-55(53)45-57)78(58-44-42-54-38-34-36-40-56(54)46-58)68-65-61(71(21-5,22-6)51-75(65,29-13)30-14)48-62-66(68)76(31-15,32-16)52-72(62,23-7)24-8/h33-48H,17-32,49-52H2,1-16H3. The summed E-state index contributed by atoms with van der Waals surface area (Å²) < 4.78 is 0. The molecule has 0 fully saturated rings. The fourth-order valence-corrected chi connectivity index (χ4v) is 30.5. The number of hydrogen-bond acceptors (Lipinski definition) is 0. The van der Waals surface area contributed by atoms with Crippen LogP contribution in [0.3, 0.4) is 0 Å². The Balaban J connectivity index is 1.64. The lowest BCUT2D eigenvalue weighted by Gasteiger charge is -2.39. The van der Waals surface area contributed by atoms with E-state index in [2.05, 4.69) is 208 Å². The molecule has 0 N–H and O–H groups in total. The largest absolute Gasteiger partial charge is 0.0695 e. The maximum absolute atomic E-state index is 3.00. The number of hydrogen-bond donors (Lipinski definition) is 0. The Hall–Kier alpha value is -3.73. The van der Waals surface area contributed by atoms with Crippen molar-refractivity contribution in [3.05, 3.63) is 142 Å². The van der Waals surface area contributed by atoms with E-state index >= 15 is 0 Å². The van der Waals surface area contributed by atoms with Crippen LogP contribution < -0.4 is 20.7 Å². The lowest BCUT2D eigenvalue weighted by atomic mass is 9.70. The number of fused-ring (bicyclic) bond motifs is 6. The number of rotatable bonds is 20. The highest BCUT2D eigenvalue weighted by Gasteiger charge is 2.60. The zero-order valence-electron chi connectivity index (χ0n) is 52.4. The van der Waals surface area contributed by atoms with Gasteiger partial charge in [0.1, 0.15) is 0 Å². The van der Waals surface area contributed by atoms with Crippen LogP contribution in [0.2, 0.25) is 0 Å². The molecule has 78 heavy (non-hydrogen) atoms. The molecular formula is C76H104Si2. The van der Waals surface area contributed by atoms with E-state index < -0.39 is 15.8 Å². The zero-order valence-corrected chi connectivity index (χ0v) is 54.4. The van der Waals surface area contributed by atoms with E-state index in [4.69, 9.17) is 0 Å². The summed E-state index contributed by atoms with van der Waals surface area (Å²) >= 11 is 0. The molecule has 0 saturated carbocycles. The summed E-state index contributed by atoms with van der Waals surface area (Å²) in [6.45, 7) is 41.6. The van der Waals surface area contributed by atoms with Gasteiger partial charge < -0.3 is 0 Å². The first-order chi connectivity index (χ1) is 37.6. The highest BCUT2D eigenvalue weighted by molar-refractivity contribution is 7.19. The molecule has 4 aliphatic rings. The summed E-state index contributed by atoms with van der Waals surface area (Å²) in [5, 5.41) is 12.9. The second-order valence-electron chi connectivity index (χ2n) is 26.7. The average molecular weight is 1070 g/mol. The van der Waals surface area contributed by atoms with Crippen molar-refractivity contribution in [2.45, 2.75) is 283 Å². The third-order valence-electron chi connectivity index (χ3n) is 25.4. The van der Waals surface area contributed by atoms with E-state index in [-0.39, 0.29) is 43.3 Å². The molecule has 416 valence electrons. The maximum Gasteiger partial charge on any atom is 0.0695 e. The maximum atomic E-state index is 3.00. The van der Waals surface area contributed by atoms with Crippen molar-refractivity contribution in [3.63, 3.8) is 0 Å². The second kappa shape index (κ2) is 21.2. The predicted molar refractivity (Wildman–Crippen MR) is 347 cm³/mol. The minimum absolute atomic E-state index is 0.110. The quantitative estimate of drug-likeness (QED) is 0.0669. The molecule has 4 aliphatic carbocycles. The van der Waals surface area contributed by atoms with Gasteiger partial charge >= 0.3 is 0 Å². The molecule has 0 saturated heterocycles. The van der Waals surface area contributed by atoms with Crippen LogP contribution in [0.25, 0.3) is 21.5 Å². The fraction of sp³-hybridized carbons (Fsp3) is 0.579. The summed E-state index contributed by atoms with van der Waals surface area (Å²) in [6, 6.07) is 41.2. The van der Waals surface area contributed by atoms with Gasteiger partial charge in [-0.25, -0.2) is 0 Å². The van der Waals surface area contributed by atoms with Gasteiger partial charge in [-0.1, -0.05) is 208 Å². The molecule has 10 rings (SSSR count). The lowest BCUT2D eigenvalue weighted by molar-refractivity contribution is 0.278. The first-order valence-corrected chi connectivity index (χ1v) is 36.8. The van der Waals surface area contributed by atoms with Crippen molar-refractivity contribution in [2.75, 3.05) is 0 Å². The van der Waals surface area contributed by atoms with Crippen LogP contribution >= 0.6 is 0 Å². The lowest BCUT2D eigenvalue weighted by Crippen LogP contribution is -2.58. The van der Waals surface area contributed by atoms with Crippen molar-refractivity contribution in [3.8, 4) is 0 Å². The van der Waals surface area contributed by atoms with Gasteiger partial charge in [-0.15, -0.1) is 0 Å². The molecule has 6 aromatic rings. The van der Waals surface area contributed by atoms with Crippen LogP contribution in [0.1, 0.15) is 284 Å². The van der Waals surface area contributed by atoms with E-state index in [1.807, 2.05) is 32.6 Å². The summed E-state index contributed by atoms with van der Waals surface area (Å²) in [4.78, 5) is 0. The molecule has 0 atom stereocenters. The van der Waals surface area contributed by atoms with E-state index in [1.165, 1.54) is 150 Å². The topological polar surface area (TPSA) is 0 Å². The molecule has 6 aromatic carbocycles. The Kier molecular flexibility index (Phi) is 15.7. The summed E-state index contributed by atoms with van der Waals surface area (Å²) in [6.07, 6.45) is 24.5. The van der Waals surface area contributed by atoms with E-state index in [1.54, 1.807) is 32.6 Å². The summed E-state index contributed by atoms with van der Waals surface area (Å²) in [5.41, 5.74) is 15.8. The molecule has 0 aromatic heterocycles.